The Morgan fingerprint density at radius 1 is 1.37 bits per heavy atom. The lowest BCUT2D eigenvalue weighted by Gasteiger charge is -2.50. The highest BCUT2D eigenvalue weighted by Gasteiger charge is 2.47. The van der Waals surface area contributed by atoms with Crippen LogP contribution in [0.25, 0.3) is 0 Å². The number of rotatable bonds is 5. The smallest absolute Gasteiger partial charge is 0.119 e. The van der Waals surface area contributed by atoms with E-state index in [2.05, 4.69) is 38.2 Å². The van der Waals surface area contributed by atoms with E-state index in [0.29, 0.717) is 12.6 Å². The molecule has 1 aliphatic rings. The van der Waals surface area contributed by atoms with Gasteiger partial charge in [-0.05, 0) is 38.0 Å². The molecule has 3 unspecified atom stereocenters. The fourth-order valence-corrected chi connectivity index (χ4v) is 2.60. The van der Waals surface area contributed by atoms with Crippen LogP contribution in [-0.2, 0) is 0 Å². The largest absolute Gasteiger partial charge is 0.494 e. The molecule has 0 aromatic heterocycles. The van der Waals surface area contributed by atoms with Gasteiger partial charge in [-0.1, -0.05) is 26.0 Å². The average Bonchev–Trinajstić information content (AvgIpc) is 2.39. The molecule has 2 N–H and O–H groups in total. The quantitative estimate of drug-likeness (QED) is 0.858. The standard InChI is InChI=1S/C16H25NO2/c1-5-19-13-8-6-12(7-9-13)11(2)17-14-10-15(18)16(14,3)4/h6-9,11,14-15,17-18H,5,10H2,1-4H3. The van der Waals surface area contributed by atoms with Gasteiger partial charge >= 0.3 is 0 Å². The molecule has 0 aliphatic heterocycles. The Morgan fingerprint density at radius 2 is 2.00 bits per heavy atom. The SMILES string of the molecule is CCOc1ccc(C(C)NC2CC(O)C2(C)C)cc1. The highest BCUT2D eigenvalue weighted by molar-refractivity contribution is 5.29. The minimum absolute atomic E-state index is 0.0283. The average molecular weight is 263 g/mol. The van der Waals surface area contributed by atoms with Gasteiger partial charge in [0.15, 0.2) is 0 Å². The maximum absolute atomic E-state index is 9.77. The summed E-state index contributed by atoms with van der Waals surface area (Å²) in [4.78, 5) is 0. The minimum atomic E-state index is -0.183. The zero-order valence-corrected chi connectivity index (χ0v) is 12.3. The summed E-state index contributed by atoms with van der Waals surface area (Å²) in [5.41, 5.74) is 1.22. The van der Waals surface area contributed by atoms with Crippen LogP contribution < -0.4 is 10.1 Å². The van der Waals surface area contributed by atoms with Crippen molar-refractivity contribution in [2.45, 2.75) is 52.3 Å². The monoisotopic (exact) mass is 263 g/mol. The van der Waals surface area contributed by atoms with E-state index < -0.39 is 0 Å². The van der Waals surface area contributed by atoms with Crippen molar-refractivity contribution in [3.8, 4) is 5.75 Å². The molecule has 0 bridgehead atoms. The summed E-state index contributed by atoms with van der Waals surface area (Å²) < 4.78 is 5.45. The van der Waals surface area contributed by atoms with Crippen LogP contribution in [0.5, 0.6) is 5.75 Å². The number of hydrogen-bond acceptors (Lipinski definition) is 3. The summed E-state index contributed by atoms with van der Waals surface area (Å²) in [6.45, 7) is 9.08. The van der Waals surface area contributed by atoms with Crippen molar-refractivity contribution in [2.24, 2.45) is 5.41 Å². The van der Waals surface area contributed by atoms with Crippen LogP contribution in [0.1, 0.15) is 45.7 Å². The Kier molecular flexibility index (Phi) is 4.16. The fraction of sp³-hybridized carbons (Fsp3) is 0.625. The van der Waals surface area contributed by atoms with E-state index in [9.17, 15) is 5.11 Å². The molecular weight excluding hydrogens is 238 g/mol. The molecule has 1 aromatic rings. The number of hydrogen-bond donors (Lipinski definition) is 2. The van der Waals surface area contributed by atoms with Gasteiger partial charge in [-0.25, -0.2) is 0 Å². The first-order valence-electron chi connectivity index (χ1n) is 7.12. The number of aliphatic hydroxyl groups excluding tert-OH is 1. The van der Waals surface area contributed by atoms with Crippen LogP contribution >= 0.6 is 0 Å². The molecule has 1 saturated carbocycles. The van der Waals surface area contributed by atoms with Crippen molar-refractivity contribution in [1.82, 2.24) is 5.32 Å². The summed E-state index contributed by atoms with van der Waals surface area (Å²) in [5, 5.41) is 13.4. The van der Waals surface area contributed by atoms with Crippen molar-refractivity contribution in [2.75, 3.05) is 6.61 Å². The Morgan fingerprint density at radius 3 is 2.47 bits per heavy atom. The van der Waals surface area contributed by atoms with Crippen molar-refractivity contribution >= 4 is 0 Å². The normalized spacial score (nSPS) is 26.6. The van der Waals surface area contributed by atoms with E-state index in [-0.39, 0.29) is 17.6 Å². The van der Waals surface area contributed by atoms with Crippen LogP contribution in [0.2, 0.25) is 0 Å². The van der Waals surface area contributed by atoms with Gasteiger partial charge in [0.05, 0.1) is 12.7 Å². The van der Waals surface area contributed by atoms with Gasteiger partial charge in [0.2, 0.25) is 0 Å². The van der Waals surface area contributed by atoms with E-state index in [1.54, 1.807) is 0 Å². The van der Waals surface area contributed by atoms with Crippen LogP contribution in [0, 0.1) is 5.41 Å². The lowest BCUT2D eigenvalue weighted by Crippen LogP contribution is -2.60. The molecule has 19 heavy (non-hydrogen) atoms. The Balaban J connectivity index is 1.95. The molecule has 0 spiro atoms. The molecular formula is C16H25NO2. The fourth-order valence-electron chi connectivity index (χ4n) is 2.60. The van der Waals surface area contributed by atoms with Gasteiger partial charge in [0.25, 0.3) is 0 Å². The molecule has 3 atom stereocenters. The molecule has 1 aromatic carbocycles. The number of benzene rings is 1. The molecule has 3 heteroatoms. The summed E-state index contributed by atoms with van der Waals surface area (Å²) in [7, 11) is 0. The van der Waals surface area contributed by atoms with Crippen LogP contribution in [0.3, 0.4) is 0 Å². The molecule has 1 aliphatic carbocycles. The van der Waals surface area contributed by atoms with Crippen LogP contribution in [-0.4, -0.2) is 23.9 Å². The number of nitrogens with one attached hydrogen (secondary N) is 1. The molecule has 0 saturated heterocycles. The predicted molar refractivity (Wildman–Crippen MR) is 77.4 cm³/mol. The lowest BCUT2D eigenvalue weighted by molar-refractivity contribution is -0.0754. The Hall–Kier alpha value is -1.06. The minimum Gasteiger partial charge on any atom is -0.494 e. The third kappa shape index (κ3) is 2.93. The maximum atomic E-state index is 9.77. The number of aliphatic hydroxyl groups is 1. The van der Waals surface area contributed by atoms with E-state index >= 15 is 0 Å². The second-order valence-corrected chi connectivity index (χ2v) is 6.02. The second kappa shape index (κ2) is 5.51. The van der Waals surface area contributed by atoms with Gasteiger partial charge in [-0.2, -0.15) is 0 Å². The van der Waals surface area contributed by atoms with Crippen LogP contribution in [0.15, 0.2) is 24.3 Å². The third-order valence-electron chi connectivity index (χ3n) is 4.36. The maximum Gasteiger partial charge on any atom is 0.119 e. The lowest BCUT2D eigenvalue weighted by atomic mass is 9.64. The summed E-state index contributed by atoms with van der Waals surface area (Å²) in [6, 6.07) is 8.89. The summed E-state index contributed by atoms with van der Waals surface area (Å²) in [6.07, 6.45) is 0.659. The van der Waals surface area contributed by atoms with Gasteiger partial charge < -0.3 is 15.2 Å². The van der Waals surface area contributed by atoms with E-state index in [4.69, 9.17) is 4.74 Å². The zero-order chi connectivity index (χ0) is 14.0. The highest BCUT2D eigenvalue weighted by atomic mass is 16.5. The van der Waals surface area contributed by atoms with Crippen molar-refractivity contribution in [3.63, 3.8) is 0 Å². The molecule has 0 radical (unpaired) electrons. The van der Waals surface area contributed by atoms with Gasteiger partial charge in [-0.3, -0.25) is 0 Å². The first-order valence-corrected chi connectivity index (χ1v) is 7.12. The van der Waals surface area contributed by atoms with E-state index in [1.807, 2.05) is 19.1 Å². The molecule has 106 valence electrons. The molecule has 3 nitrogen and oxygen atoms in total. The first kappa shape index (κ1) is 14.4. The first-order chi connectivity index (χ1) is 8.95. The summed E-state index contributed by atoms with van der Waals surface area (Å²) in [5.74, 6) is 0.915. The molecule has 1 fully saturated rings. The molecule has 2 rings (SSSR count). The van der Waals surface area contributed by atoms with Crippen LogP contribution in [0.4, 0.5) is 0 Å². The third-order valence-corrected chi connectivity index (χ3v) is 4.36. The Labute approximate surface area is 116 Å². The van der Waals surface area contributed by atoms with Crippen molar-refractivity contribution in [3.05, 3.63) is 29.8 Å². The predicted octanol–water partition coefficient (Wildman–Crippen LogP) is 2.90. The number of ether oxygens (including phenoxy) is 1. The second-order valence-electron chi connectivity index (χ2n) is 6.02. The van der Waals surface area contributed by atoms with Crippen molar-refractivity contribution < 1.29 is 9.84 Å². The van der Waals surface area contributed by atoms with Gasteiger partial charge in [0.1, 0.15) is 5.75 Å². The van der Waals surface area contributed by atoms with E-state index in [0.717, 1.165) is 12.2 Å². The molecule has 0 heterocycles. The molecule has 0 amide bonds. The zero-order valence-electron chi connectivity index (χ0n) is 12.3. The summed E-state index contributed by atoms with van der Waals surface area (Å²) >= 11 is 0. The van der Waals surface area contributed by atoms with E-state index in [1.165, 1.54) is 5.56 Å². The highest BCUT2D eigenvalue weighted by Crippen LogP contribution is 2.41. The van der Waals surface area contributed by atoms with Crippen molar-refractivity contribution in [1.29, 1.82) is 0 Å². The Bertz CT molecular complexity index is 413. The van der Waals surface area contributed by atoms with Gasteiger partial charge in [0, 0.05) is 17.5 Å². The topological polar surface area (TPSA) is 41.5 Å². The van der Waals surface area contributed by atoms with Gasteiger partial charge in [-0.15, -0.1) is 0 Å².